The van der Waals surface area contributed by atoms with Gasteiger partial charge >= 0.3 is 0 Å². The van der Waals surface area contributed by atoms with Crippen molar-refractivity contribution in [3.8, 4) is 0 Å². The quantitative estimate of drug-likeness (QED) is 0.634. The summed E-state index contributed by atoms with van der Waals surface area (Å²) in [4.78, 5) is 11.7. The third-order valence-electron chi connectivity index (χ3n) is 3.50. The molecule has 0 aliphatic carbocycles. The van der Waals surface area contributed by atoms with Crippen molar-refractivity contribution in [1.29, 1.82) is 0 Å². The second-order valence-corrected chi connectivity index (χ2v) is 7.10. The van der Waals surface area contributed by atoms with Gasteiger partial charge in [-0.3, -0.25) is 4.79 Å². The summed E-state index contributed by atoms with van der Waals surface area (Å²) in [7, 11) is -3.45. The first-order valence-corrected chi connectivity index (χ1v) is 8.72. The van der Waals surface area contributed by atoms with Gasteiger partial charge in [0.25, 0.3) is 0 Å². The van der Waals surface area contributed by atoms with Crippen LogP contribution in [0.4, 0.5) is 0 Å². The van der Waals surface area contributed by atoms with Gasteiger partial charge < -0.3 is 0 Å². The summed E-state index contributed by atoms with van der Waals surface area (Å²) in [5.74, 6) is -0.302. The molecule has 1 aliphatic heterocycles. The van der Waals surface area contributed by atoms with Crippen LogP contribution in [0.3, 0.4) is 0 Å². The number of halogens is 1. The van der Waals surface area contributed by atoms with Crippen LogP contribution in [0.25, 0.3) is 0 Å². The Morgan fingerprint density at radius 1 is 1.05 bits per heavy atom. The van der Waals surface area contributed by atoms with Crippen molar-refractivity contribution < 1.29 is 13.2 Å². The Hall–Kier alpha value is -0.910. The van der Waals surface area contributed by atoms with Crippen molar-refractivity contribution in [3.63, 3.8) is 0 Å². The fourth-order valence-corrected chi connectivity index (χ4v) is 3.99. The number of nitrogens with zero attached hydrogens (tertiary/aromatic N) is 1. The fraction of sp³-hybridized carbons (Fsp3) is 0.500. The van der Waals surface area contributed by atoms with Crippen LogP contribution < -0.4 is 0 Å². The molecule has 0 aromatic heterocycles. The van der Waals surface area contributed by atoms with Crippen molar-refractivity contribution in [2.75, 3.05) is 19.0 Å². The van der Waals surface area contributed by atoms with Crippen LogP contribution in [0.2, 0.25) is 0 Å². The molecule has 1 heterocycles. The Kier molecular flexibility index (Phi) is 5.18. The first kappa shape index (κ1) is 15.5. The molecule has 1 saturated heterocycles. The molecule has 0 saturated carbocycles. The Balaban J connectivity index is 2.22. The molecular formula is C14H18ClNO3S. The minimum atomic E-state index is -3.45. The number of benzene rings is 1. The number of sulfonamides is 1. The molecule has 2 rings (SSSR count). The largest absolute Gasteiger partial charge is 0.293 e. The number of rotatable bonds is 4. The summed E-state index contributed by atoms with van der Waals surface area (Å²) in [6.45, 7) is 1.15. The zero-order valence-corrected chi connectivity index (χ0v) is 12.8. The molecule has 4 nitrogen and oxygen atoms in total. The van der Waals surface area contributed by atoms with Gasteiger partial charge in [0.2, 0.25) is 10.0 Å². The Morgan fingerprint density at radius 3 is 2.10 bits per heavy atom. The average Bonchev–Trinajstić information content (AvgIpc) is 2.76. The molecule has 20 heavy (non-hydrogen) atoms. The van der Waals surface area contributed by atoms with Crippen LogP contribution in [0.15, 0.2) is 29.2 Å². The van der Waals surface area contributed by atoms with Crippen molar-refractivity contribution in [3.05, 3.63) is 29.8 Å². The third kappa shape index (κ3) is 3.40. The highest BCUT2D eigenvalue weighted by atomic mass is 35.5. The van der Waals surface area contributed by atoms with E-state index in [1.807, 2.05) is 0 Å². The van der Waals surface area contributed by atoms with E-state index in [1.54, 1.807) is 4.31 Å². The van der Waals surface area contributed by atoms with Gasteiger partial charge in [-0.1, -0.05) is 25.0 Å². The standard InChI is InChI=1S/C14H18ClNO3S/c15-11-14(17)12-5-7-13(8-6-12)20(18,19)16-9-3-1-2-4-10-16/h5-8H,1-4,9-11H2. The number of ketones is 1. The summed E-state index contributed by atoms with van der Waals surface area (Å²) in [5, 5.41) is 0. The lowest BCUT2D eigenvalue weighted by atomic mass is 10.1. The number of hydrogen-bond acceptors (Lipinski definition) is 3. The summed E-state index contributed by atoms with van der Waals surface area (Å²) in [5.41, 5.74) is 0.440. The van der Waals surface area contributed by atoms with Crippen LogP contribution in [0.1, 0.15) is 36.0 Å². The second-order valence-electron chi connectivity index (χ2n) is 4.90. The lowest BCUT2D eigenvalue weighted by molar-refractivity contribution is 0.102. The van der Waals surface area contributed by atoms with Gasteiger partial charge in [-0.15, -0.1) is 11.6 Å². The molecule has 0 amide bonds. The van der Waals surface area contributed by atoms with E-state index in [0.29, 0.717) is 18.7 Å². The highest BCUT2D eigenvalue weighted by molar-refractivity contribution is 7.89. The lowest BCUT2D eigenvalue weighted by Gasteiger charge is -2.19. The summed E-state index contributed by atoms with van der Waals surface area (Å²) in [6, 6.07) is 6.02. The van der Waals surface area contributed by atoms with E-state index in [1.165, 1.54) is 24.3 Å². The third-order valence-corrected chi connectivity index (χ3v) is 5.66. The molecule has 0 bridgehead atoms. The molecule has 6 heteroatoms. The number of alkyl halides is 1. The van der Waals surface area contributed by atoms with E-state index in [4.69, 9.17) is 11.6 Å². The Labute approximate surface area is 124 Å². The maximum absolute atomic E-state index is 12.5. The smallest absolute Gasteiger partial charge is 0.243 e. The van der Waals surface area contributed by atoms with Crippen LogP contribution >= 0.6 is 11.6 Å². The lowest BCUT2D eigenvalue weighted by Crippen LogP contribution is -2.31. The molecule has 0 unspecified atom stereocenters. The number of carbonyl (C=O) groups is 1. The second kappa shape index (κ2) is 6.70. The molecule has 110 valence electrons. The highest BCUT2D eigenvalue weighted by Gasteiger charge is 2.25. The van der Waals surface area contributed by atoms with E-state index in [2.05, 4.69) is 0 Å². The zero-order chi connectivity index (χ0) is 14.6. The van der Waals surface area contributed by atoms with Gasteiger partial charge in [-0.05, 0) is 25.0 Å². The van der Waals surface area contributed by atoms with Gasteiger partial charge in [0.1, 0.15) is 0 Å². The molecule has 1 aromatic carbocycles. The first-order chi connectivity index (χ1) is 9.55. The van der Waals surface area contributed by atoms with E-state index < -0.39 is 10.0 Å². The molecule has 0 radical (unpaired) electrons. The number of hydrogen-bond donors (Lipinski definition) is 0. The van der Waals surface area contributed by atoms with Crippen LogP contribution in [0.5, 0.6) is 0 Å². The summed E-state index contributed by atoms with van der Waals surface area (Å²) in [6.07, 6.45) is 3.97. The average molecular weight is 316 g/mol. The minimum absolute atomic E-state index is 0.0990. The van der Waals surface area contributed by atoms with E-state index in [-0.39, 0.29) is 16.6 Å². The molecule has 1 aromatic rings. The van der Waals surface area contributed by atoms with Gasteiger partial charge in [-0.2, -0.15) is 4.31 Å². The topological polar surface area (TPSA) is 54.5 Å². The monoisotopic (exact) mass is 315 g/mol. The van der Waals surface area contributed by atoms with Gasteiger partial charge in [0.05, 0.1) is 10.8 Å². The van der Waals surface area contributed by atoms with Crippen molar-refractivity contribution >= 4 is 27.4 Å². The van der Waals surface area contributed by atoms with E-state index in [0.717, 1.165) is 25.7 Å². The maximum Gasteiger partial charge on any atom is 0.243 e. The Bertz CT molecular complexity index is 561. The van der Waals surface area contributed by atoms with E-state index in [9.17, 15) is 13.2 Å². The van der Waals surface area contributed by atoms with Crippen molar-refractivity contribution in [2.45, 2.75) is 30.6 Å². The van der Waals surface area contributed by atoms with Crippen LogP contribution in [0, 0.1) is 0 Å². The molecule has 0 N–H and O–H groups in total. The molecule has 1 fully saturated rings. The van der Waals surface area contributed by atoms with Gasteiger partial charge in [0, 0.05) is 18.7 Å². The summed E-state index contributed by atoms with van der Waals surface area (Å²) >= 11 is 5.48. The van der Waals surface area contributed by atoms with Crippen molar-refractivity contribution in [1.82, 2.24) is 4.31 Å². The van der Waals surface area contributed by atoms with Gasteiger partial charge in [-0.25, -0.2) is 8.42 Å². The molecule has 0 atom stereocenters. The Morgan fingerprint density at radius 2 is 1.60 bits per heavy atom. The van der Waals surface area contributed by atoms with Gasteiger partial charge in [0.15, 0.2) is 5.78 Å². The predicted molar refractivity (Wildman–Crippen MR) is 78.7 cm³/mol. The normalized spacial score (nSPS) is 17.6. The molecule has 1 aliphatic rings. The van der Waals surface area contributed by atoms with Crippen LogP contribution in [-0.4, -0.2) is 37.5 Å². The SMILES string of the molecule is O=C(CCl)c1ccc(S(=O)(=O)N2CCCCCC2)cc1. The highest BCUT2D eigenvalue weighted by Crippen LogP contribution is 2.20. The predicted octanol–water partition coefficient (Wildman–Crippen LogP) is 2.67. The van der Waals surface area contributed by atoms with E-state index >= 15 is 0 Å². The first-order valence-electron chi connectivity index (χ1n) is 6.75. The molecule has 0 spiro atoms. The number of carbonyl (C=O) groups excluding carboxylic acids is 1. The zero-order valence-electron chi connectivity index (χ0n) is 11.2. The molecular weight excluding hydrogens is 298 g/mol. The summed E-state index contributed by atoms with van der Waals surface area (Å²) < 4.78 is 26.6. The van der Waals surface area contributed by atoms with Crippen LogP contribution in [-0.2, 0) is 10.0 Å². The maximum atomic E-state index is 12.5. The minimum Gasteiger partial charge on any atom is -0.293 e. The number of Topliss-reactive ketones (excluding diaryl/α,β-unsaturated/α-hetero) is 1. The van der Waals surface area contributed by atoms with Crippen molar-refractivity contribution in [2.24, 2.45) is 0 Å². The fourth-order valence-electron chi connectivity index (χ4n) is 2.32.